The van der Waals surface area contributed by atoms with Crippen LogP contribution < -0.4 is 0 Å². The van der Waals surface area contributed by atoms with Gasteiger partial charge in [-0.3, -0.25) is 22.7 Å². The van der Waals surface area contributed by atoms with E-state index in [0.29, 0.717) is 90.8 Å². The first-order valence-corrected chi connectivity index (χ1v) is 32.6. The molecule has 12 fully saturated rings. The fourth-order valence-electron chi connectivity index (χ4n) is 11.5. The Bertz CT molecular complexity index is 2590. The molecule has 7 heterocycles. The number of rotatable bonds is 6. The third kappa shape index (κ3) is 26.8. The zero-order valence-corrected chi connectivity index (χ0v) is 56.1. The predicted octanol–water partition coefficient (Wildman–Crippen LogP) is 7.82. The normalized spacial score (nSPS) is 29.8. The molecule has 0 amide bonds. The van der Waals surface area contributed by atoms with Gasteiger partial charge >= 0.3 is 89.3 Å². The molecule has 0 spiro atoms. The summed E-state index contributed by atoms with van der Waals surface area (Å²) in [5.74, 6) is -26.0. The molecule has 0 aromatic heterocycles. The van der Waals surface area contributed by atoms with Crippen LogP contribution in [0.4, 0.5) is 52.7 Å². The Morgan fingerprint density at radius 2 is 0.823 bits per heavy atom. The van der Waals surface area contributed by atoms with Gasteiger partial charge in [0.05, 0.1) is 78.6 Å². The summed E-state index contributed by atoms with van der Waals surface area (Å²) in [4.78, 5) is 91.3. The van der Waals surface area contributed by atoms with Crippen LogP contribution in [-0.2, 0) is 119 Å². The minimum absolute atomic E-state index is 0.0359. The lowest BCUT2D eigenvalue weighted by Crippen LogP contribution is -2.27. The molecule has 556 valence electrons. The van der Waals surface area contributed by atoms with E-state index in [2.05, 4.69) is 33.2 Å². The second-order valence-electron chi connectivity index (χ2n) is 24.0. The van der Waals surface area contributed by atoms with Crippen LogP contribution in [-0.4, -0.2) is 202 Å². The third-order valence-corrected chi connectivity index (χ3v) is 19.4. The maximum absolute atomic E-state index is 11.6. The van der Waals surface area contributed by atoms with Crippen LogP contribution in [0.15, 0.2) is 0 Å². The first-order valence-electron chi connectivity index (χ1n) is 29.7. The van der Waals surface area contributed by atoms with Crippen LogP contribution in [0.5, 0.6) is 0 Å². The van der Waals surface area contributed by atoms with E-state index < -0.39 is 91.6 Å². The lowest BCUT2D eigenvalue weighted by Gasteiger charge is -2.12. The van der Waals surface area contributed by atoms with E-state index in [1.54, 1.807) is 0 Å². The largest absolute Gasteiger partial charge is 0.466 e. The van der Waals surface area contributed by atoms with Gasteiger partial charge in [-0.1, -0.05) is 0 Å². The van der Waals surface area contributed by atoms with E-state index in [4.69, 9.17) is 22.6 Å². The number of ether oxygens (including phenoxy) is 10. The number of carbonyl (C=O) groups is 9. The molecule has 39 heteroatoms. The molecule has 12 aliphatic rings. The number of esters is 9. The molecule has 7 saturated heterocycles. The summed E-state index contributed by atoms with van der Waals surface area (Å²) in [6.07, 6.45) is 15.4. The summed E-state index contributed by atoms with van der Waals surface area (Å²) in [6.45, 7) is 3.55. The summed E-state index contributed by atoms with van der Waals surface area (Å²) in [6, 6.07) is 0. The highest BCUT2D eigenvalue weighted by Gasteiger charge is 2.61. The second-order valence-corrected chi connectivity index (χ2v) is 27.5. The van der Waals surface area contributed by atoms with Crippen LogP contribution in [0.1, 0.15) is 138 Å². The maximum Gasteiger partial charge on any atom is 0.376 e. The van der Waals surface area contributed by atoms with Gasteiger partial charge in [-0.25, -0.2) is 28.8 Å². The van der Waals surface area contributed by atoms with Crippen molar-refractivity contribution in [2.45, 2.75) is 221 Å². The number of cyclic esters (lactones) is 1. The average molecular weight is 1460 g/mol. The van der Waals surface area contributed by atoms with Crippen LogP contribution in [0.3, 0.4) is 0 Å². The lowest BCUT2D eigenvalue weighted by atomic mass is 9.90. The highest BCUT2D eigenvalue weighted by atomic mass is 32.2. The fourth-order valence-corrected chi connectivity index (χ4v) is 15.1. The van der Waals surface area contributed by atoms with E-state index in [1.807, 2.05) is 0 Å². The number of hydrogen-bond donors (Lipinski definition) is 0. The molecule has 14 atom stereocenters. The zero-order chi connectivity index (χ0) is 74.1. The Labute approximate surface area is 546 Å². The Morgan fingerprint density at radius 1 is 0.417 bits per heavy atom. The third-order valence-electron chi connectivity index (χ3n) is 15.9. The average Bonchev–Trinajstić information content (AvgIpc) is 1.60. The molecule has 8 bridgehead atoms. The molecule has 5 saturated carbocycles. The Kier molecular flexibility index (Phi) is 32.2. The Hall–Kier alpha value is -5.83. The highest BCUT2D eigenvalue weighted by molar-refractivity contribution is 7.88. The Balaban J connectivity index is 0.000000361. The number of alkyl halides is 12. The van der Waals surface area contributed by atoms with Crippen molar-refractivity contribution in [3.05, 3.63) is 0 Å². The fraction of sp³-hybridized carbons (Fsp3) is 0.842. The van der Waals surface area contributed by atoms with Gasteiger partial charge in [0.2, 0.25) is 0 Å². The molecule has 7 aliphatic heterocycles. The minimum atomic E-state index is -3.35. The predicted molar refractivity (Wildman–Crippen MR) is 301 cm³/mol. The molecule has 5 aliphatic carbocycles. The quantitative estimate of drug-likeness (QED) is 0.106. The van der Waals surface area contributed by atoms with Gasteiger partial charge in [-0.05, 0) is 95.3 Å². The molecular weight excluding hydrogens is 1380 g/mol. The van der Waals surface area contributed by atoms with Gasteiger partial charge in [0.15, 0.2) is 0 Å². The van der Waals surface area contributed by atoms with Gasteiger partial charge in [0.1, 0.15) is 29.7 Å². The van der Waals surface area contributed by atoms with Gasteiger partial charge in [-0.15, -0.1) is 0 Å². The molecule has 96 heavy (non-hydrogen) atoms. The number of halogens is 12. The van der Waals surface area contributed by atoms with Crippen molar-refractivity contribution < 1.29 is 168 Å². The molecule has 0 radical (unpaired) electrons. The number of fused-ring (bicyclic) bond motifs is 5. The molecule has 25 nitrogen and oxygen atoms in total. The van der Waals surface area contributed by atoms with Crippen molar-refractivity contribution in [2.75, 3.05) is 49.3 Å². The van der Waals surface area contributed by atoms with Crippen molar-refractivity contribution in [2.24, 2.45) is 35.5 Å². The zero-order valence-electron chi connectivity index (χ0n) is 54.5. The number of carbonyl (C=O) groups excluding carboxylic acids is 9. The molecule has 12 rings (SSSR count). The van der Waals surface area contributed by atoms with Gasteiger partial charge < -0.3 is 47.4 Å². The van der Waals surface area contributed by atoms with Crippen molar-refractivity contribution in [3.63, 3.8) is 0 Å². The molecule has 14 unspecified atom stereocenters. The maximum atomic E-state index is 11.6. The summed E-state index contributed by atoms with van der Waals surface area (Å²) >= 11 is 0. The van der Waals surface area contributed by atoms with E-state index in [-0.39, 0.29) is 64.8 Å². The molecular formula is C57H82F12O25S2. The standard InChI is InChI=1S/C8H10O2.C7H10O3S.C7H10O2.C6H8O4S.C5H8O2.6C4H6F2O2/c9-8-6-2-4-1-5(6)7(3-4)10-8;8-11(9)7-3-4-1-5(7)6(2-4)10-11;8-7-5-2-1-3-6(4-5)9-7;7-11(8)5-2-3-1-4(10-11)6(5)9-3;6-5-3-1-2-4-7-5;6*1-4(5,6)3(7)8-2/h4-7H,1-3H2;4-7H,1-3H2;5-6H,1-4H2;3-6H,1-2H2;1-4H2;6*1-2H3. The second kappa shape index (κ2) is 35.8. The van der Waals surface area contributed by atoms with Crippen molar-refractivity contribution >= 4 is 74.0 Å². The first kappa shape index (κ1) is 86.3. The Morgan fingerprint density at radius 3 is 1.09 bits per heavy atom. The summed E-state index contributed by atoms with van der Waals surface area (Å²) in [5, 5.41) is -0.488. The van der Waals surface area contributed by atoms with E-state index in [1.165, 1.54) is 12.8 Å². The van der Waals surface area contributed by atoms with Gasteiger partial charge in [0.25, 0.3) is 20.2 Å². The van der Waals surface area contributed by atoms with Crippen molar-refractivity contribution in [1.82, 2.24) is 0 Å². The summed E-state index contributed by atoms with van der Waals surface area (Å²) < 4.78 is 237. The van der Waals surface area contributed by atoms with E-state index >= 15 is 0 Å². The van der Waals surface area contributed by atoms with Crippen LogP contribution in [0, 0.1) is 35.5 Å². The van der Waals surface area contributed by atoms with Crippen LogP contribution in [0.25, 0.3) is 0 Å². The molecule has 0 N–H and O–H groups in total. The smallest absolute Gasteiger partial charge is 0.376 e. The van der Waals surface area contributed by atoms with Crippen LogP contribution >= 0.6 is 0 Å². The minimum Gasteiger partial charge on any atom is -0.466 e. The monoisotopic (exact) mass is 1460 g/mol. The SMILES string of the molecule is COC(=O)C(C)(F)F.COC(=O)C(C)(F)F.COC(=O)C(C)(F)F.COC(=O)C(C)(F)F.COC(=O)C(C)(F)F.COC(=O)C(C)(F)F.O=C1CCCCO1.O=C1OC2CC3CC1C2C3.O=C1OC2CCCC1C2.O=S1(=O)OC2CC3CC1C2O3.O=S1(=O)OC2CC3CC2C1C3. The topological polar surface area (TPSA) is 333 Å². The van der Waals surface area contributed by atoms with Crippen LogP contribution in [0.2, 0.25) is 0 Å². The number of hydrogen-bond acceptors (Lipinski definition) is 25. The van der Waals surface area contributed by atoms with Gasteiger partial charge in [0, 0.05) is 66.2 Å². The van der Waals surface area contributed by atoms with Gasteiger partial charge in [-0.2, -0.15) is 69.5 Å². The lowest BCUT2D eigenvalue weighted by molar-refractivity contribution is -0.166. The molecule has 0 aromatic carbocycles. The number of methoxy groups -OCH3 is 6. The van der Waals surface area contributed by atoms with E-state index in [0.717, 1.165) is 119 Å². The summed E-state index contributed by atoms with van der Waals surface area (Å²) in [5.41, 5.74) is 0. The highest BCUT2D eigenvalue weighted by Crippen LogP contribution is 2.55. The van der Waals surface area contributed by atoms with Crippen molar-refractivity contribution in [3.8, 4) is 0 Å². The summed E-state index contributed by atoms with van der Waals surface area (Å²) in [7, 11) is -0.889. The molecule has 0 aromatic rings. The van der Waals surface area contributed by atoms with Crippen molar-refractivity contribution in [1.29, 1.82) is 0 Å². The first-order chi connectivity index (χ1) is 43.8. The van der Waals surface area contributed by atoms with E-state index in [9.17, 15) is 113 Å².